The van der Waals surface area contributed by atoms with Crippen LogP contribution in [0.15, 0.2) is 29.8 Å². The van der Waals surface area contributed by atoms with Gasteiger partial charge in [-0.25, -0.2) is 0 Å². The number of hydrogen-bond acceptors (Lipinski definition) is 3. The summed E-state index contributed by atoms with van der Waals surface area (Å²) in [5.41, 5.74) is 2.18. The van der Waals surface area contributed by atoms with Crippen LogP contribution in [0.4, 0.5) is 5.69 Å². The molecule has 4 heteroatoms. The molecule has 1 aromatic carbocycles. The van der Waals surface area contributed by atoms with E-state index in [0.29, 0.717) is 10.6 Å². The second-order valence-corrected chi connectivity index (χ2v) is 4.39. The Morgan fingerprint density at radius 2 is 2.35 bits per heavy atom. The summed E-state index contributed by atoms with van der Waals surface area (Å²) in [6.07, 6.45) is 4.41. The minimum absolute atomic E-state index is 0.235. The fourth-order valence-corrected chi connectivity index (χ4v) is 2.11. The number of halogens is 1. The minimum Gasteiger partial charge on any atom is -0.382 e. The Kier molecular flexibility index (Phi) is 3.46. The van der Waals surface area contributed by atoms with E-state index in [0.717, 1.165) is 30.4 Å². The monoisotopic (exact) mass is 246 g/mol. The summed E-state index contributed by atoms with van der Waals surface area (Å²) in [7, 11) is 0. The Morgan fingerprint density at radius 1 is 1.53 bits per heavy atom. The molecule has 0 heterocycles. The molecule has 0 aliphatic heterocycles. The van der Waals surface area contributed by atoms with Crippen molar-refractivity contribution >= 4 is 23.6 Å². The molecular weight excluding hydrogens is 236 g/mol. The second-order valence-electron chi connectivity index (χ2n) is 3.98. The number of nitrogens with zero attached hydrogens (tertiary/aromatic N) is 1. The molecule has 0 aromatic heterocycles. The molecule has 3 nitrogen and oxygen atoms in total. The van der Waals surface area contributed by atoms with Crippen molar-refractivity contribution in [2.75, 3.05) is 5.32 Å². The molecule has 17 heavy (non-hydrogen) atoms. The molecule has 0 spiro atoms. The van der Waals surface area contributed by atoms with Gasteiger partial charge in [-0.1, -0.05) is 17.7 Å². The highest BCUT2D eigenvalue weighted by molar-refractivity contribution is 6.32. The van der Waals surface area contributed by atoms with Crippen LogP contribution >= 0.6 is 11.6 Å². The van der Waals surface area contributed by atoms with Crippen LogP contribution in [0.1, 0.15) is 18.4 Å². The van der Waals surface area contributed by atoms with Crippen LogP contribution in [0.2, 0.25) is 5.02 Å². The van der Waals surface area contributed by atoms with Crippen molar-refractivity contribution < 1.29 is 4.79 Å². The molecule has 1 aliphatic carbocycles. The number of carbonyl (C=O) groups is 1. The van der Waals surface area contributed by atoms with E-state index in [1.165, 1.54) is 0 Å². The van der Waals surface area contributed by atoms with Gasteiger partial charge >= 0.3 is 0 Å². The normalized spacial score (nSPS) is 18.4. The lowest BCUT2D eigenvalue weighted by atomic mass is 10.1. The zero-order chi connectivity index (χ0) is 12.3. The van der Waals surface area contributed by atoms with Crippen LogP contribution in [0.25, 0.3) is 0 Å². The molecule has 0 fully saturated rings. The Hall–Kier alpha value is -1.79. The molecule has 0 saturated heterocycles. The lowest BCUT2D eigenvalue weighted by molar-refractivity contribution is -0.105. The molecule has 0 amide bonds. The van der Waals surface area contributed by atoms with Gasteiger partial charge in [0.05, 0.1) is 10.6 Å². The first kappa shape index (κ1) is 11.7. The number of benzene rings is 1. The summed E-state index contributed by atoms with van der Waals surface area (Å²) in [6, 6.07) is 7.50. The topological polar surface area (TPSA) is 52.9 Å². The third kappa shape index (κ3) is 2.66. The predicted molar refractivity (Wildman–Crippen MR) is 67.0 cm³/mol. The van der Waals surface area contributed by atoms with Gasteiger partial charge in [0.2, 0.25) is 0 Å². The fraction of sp³-hybridized carbons (Fsp3) is 0.231. The van der Waals surface area contributed by atoms with Gasteiger partial charge in [0, 0.05) is 11.7 Å². The van der Waals surface area contributed by atoms with E-state index < -0.39 is 0 Å². The lowest BCUT2D eigenvalue weighted by Crippen LogP contribution is -2.15. The fourth-order valence-electron chi connectivity index (χ4n) is 1.88. The molecule has 86 valence electrons. The summed E-state index contributed by atoms with van der Waals surface area (Å²) in [6.45, 7) is 0. The highest BCUT2D eigenvalue weighted by atomic mass is 35.5. The lowest BCUT2D eigenvalue weighted by Gasteiger charge is -2.14. The van der Waals surface area contributed by atoms with Gasteiger partial charge in [-0.3, -0.25) is 4.79 Å². The number of aldehydes is 1. The van der Waals surface area contributed by atoms with Crippen molar-refractivity contribution in [3.63, 3.8) is 0 Å². The van der Waals surface area contributed by atoms with Crippen LogP contribution in [-0.4, -0.2) is 12.3 Å². The van der Waals surface area contributed by atoms with Gasteiger partial charge in [0.15, 0.2) is 0 Å². The second kappa shape index (κ2) is 5.03. The first-order valence-corrected chi connectivity index (χ1v) is 5.71. The smallest absolute Gasteiger partial charge is 0.145 e. The van der Waals surface area contributed by atoms with Crippen molar-refractivity contribution in [2.24, 2.45) is 0 Å². The summed E-state index contributed by atoms with van der Waals surface area (Å²) >= 11 is 5.94. The molecule has 1 atom stereocenters. The van der Waals surface area contributed by atoms with E-state index >= 15 is 0 Å². The van der Waals surface area contributed by atoms with Gasteiger partial charge < -0.3 is 5.32 Å². The quantitative estimate of drug-likeness (QED) is 0.835. The van der Waals surface area contributed by atoms with Crippen LogP contribution in [0, 0.1) is 11.3 Å². The molecular formula is C13H11ClN2O. The molecule has 0 radical (unpaired) electrons. The van der Waals surface area contributed by atoms with Crippen LogP contribution in [0.3, 0.4) is 0 Å². The predicted octanol–water partition coefficient (Wildman–Crippen LogP) is 2.91. The Balaban J connectivity index is 2.04. The Labute approximate surface area is 105 Å². The van der Waals surface area contributed by atoms with Crippen molar-refractivity contribution in [1.82, 2.24) is 0 Å². The highest BCUT2D eigenvalue weighted by Gasteiger charge is 2.16. The summed E-state index contributed by atoms with van der Waals surface area (Å²) < 4.78 is 0. The van der Waals surface area contributed by atoms with Crippen molar-refractivity contribution in [3.05, 3.63) is 40.4 Å². The number of anilines is 1. The molecule has 1 aliphatic rings. The maximum atomic E-state index is 10.6. The van der Waals surface area contributed by atoms with Gasteiger partial charge in [-0.2, -0.15) is 5.26 Å². The van der Waals surface area contributed by atoms with Crippen molar-refractivity contribution in [2.45, 2.75) is 18.9 Å². The van der Waals surface area contributed by atoms with E-state index in [9.17, 15) is 4.79 Å². The third-order valence-electron chi connectivity index (χ3n) is 2.76. The zero-order valence-corrected chi connectivity index (χ0v) is 9.87. The standard InChI is InChI=1S/C13H11ClN2O/c14-13-6-12(4-2-10(13)7-15)16-11-3-1-9(5-11)8-17/h1-2,4,6,8,11,16H,3,5H2. The first-order chi connectivity index (χ1) is 8.22. The Morgan fingerprint density at radius 3 is 2.94 bits per heavy atom. The zero-order valence-electron chi connectivity index (χ0n) is 9.11. The minimum atomic E-state index is 0.235. The van der Waals surface area contributed by atoms with Crippen LogP contribution in [0.5, 0.6) is 0 Å². The van der Waals surface area contributed by atoms with Crippen LogP contribution < -0.4 is 5.32 Å². The molecule has 0 saturated carbocycles. The molecule has 1 aromatic rings. The summed E-state index contributed by atoms with van der Waals surface area (Å²) in [5.74, 6) is 0. The molecule has 1 N–H and O–H groups in total. The number of rotatable bonds is 3. The maximum absolute atomic E-state index is 10.6. The Bertz CT molecular complexity index is 517. The molecule has 0 bridgehead atoms. The summed E-state index contributed by atoms with van der Waals surface area (Å²) in [5, 5.41) is 12.5. The van der Waals surface area contributed by atoms with Gasteiger partial charge in [0.1, 0.15) is 12.4 Å². The van der Waals surface area contributed by atoms with E-state index in [2.05, 4.69) is 5.32 Å². The molecule has 1 unspecified atom stereocenters. The number of nitriles is 1. The number of nitrogens with one attached hydrogen (secondary N) is 1. The van der Waals surface area contributed by atoms with E-state index in [1.807, 2.05) is 18.2 Å². The van der Waals surface area contributed by atoms with E-state index in [1.54, 1.807) is 12.1 Å². The SMILES string of the molecule is N#Cc1ccc(NC2CC=C(C=O)C2)cc1Cl. The average Bonchev–Trinajstić information content (AvgIpc) is 2.77. The van der Waals surface area contributed by atoms with Crippen molar-refractivity contribution in [3.8, 4) is 6.07 Å². The van der Waals surface area contributed by atoms with Gasteiger partial charge in [0.25, 0.3) is 0 Å². The highest BCUT2D eigenvalue weighted by Crippen LogP contribution is 2.24. The number of hydrogen-bond donors (Lipinski definition) is 1. The number of carbonyl (C=O) groups excluding carboxylic acids is 1. The van der Waals surface area contributed by atoms with Gasteiger partial charge in [-0.05, 0) is 36.6 Å². The third-order valence-corrected chi connectivity index (χ3v) is 3.07. The average molecular weight is 247 g/mol. The van der Waals surface area contributed by atoms with E-state index in [-0.39, 0.29) is 6.04 Å². The maximum Gasteiger partial charge on any atom is 0.145 e. The van der Waals surface area contributed by atoms with Gasteiger partial charge in [-0.15, -0.1) is 0 Å². The molecule has 2 rings (SSSR count). The van der Waals surface area contributed by atoms with Crippen LogP contribution in [-0.2, 0) is 4.79 Å². The summed E-state index contributed by atoms with van der Waals surface area (Å²) in [4.78, 5) is 10.6. The largest absolute Gasteiger partial charge is 0.382 e. The first-order valence-electron chi connectivity index (χ1n) is 5.33. The van der Waals surface area contributed by atoms with Crippen molar-refractivity contribution in [1.29, 1.82) is 5.26 Å². The van der Waals surface area contributed by atoms with E-state index in [4.69, 9.17) is 16.9 Å².